The predicted octanol–water partition coefficient (Wildman–Crippen LogP) is 2.99. The minimum Gasteiger partial charge on any atom is -0.354 e. The number of hydrogen-bond acceptors (Lipinski definition) is 3. The fourth-order valence-corrected chi connectivity index (χ4v) is 3.03. The summed E-state index contributed by atoms with van der Waals surface area (Å²) in [6, 6.07) is 10.9. The Hall–Kier alpha value is -1.66. The van der Waals surface area contributed by atoms with E-state index in [9.17, 15) is 9.59 Å². The molecule has 0 radical (unpaired) electrons. The molecule has 2 N–H and O–H groups in total. The smallest absolute Gasteiger partial charge is 0.261 e. The van der Waals surface area contributed by atoms with Gasteiger partial charge in [0.25, 0.3) is 5.91 Å². The van der Waals surface area contributed by atoms with Gasteiger partial charge in [-0.2, -0.15) is 0 Å². The molecule has 22 heavy (non-hydrogen) atoms. The van der Waals surface area contributed by atoms with Gasteiger partial charge in [0, 0.05) is 11.0 Å². The highest BCUT2D eigenvalue weighted by Crippen LogP contribution is 2.15. The summed E-state index contributed by atoms with van der Waals surface area (Å²) in [7, 11) is 0. The van der Waals surface area contributed by atoms with Crippen LogP contribution in [0.2, 0.25) is 0 Å². The van der Waals surface area contributed by atoms with Crippen LogP contribution in [-0.4, -0.2) is 24.4 Å². The van der Waals surface area contributed by atoms with E-state index in [4.69, 9.17) is 0 Å². The van der Waals surface area contributed by atoms with Crippen LogP contribution in [0.5, 0.6) is 0 Å². The number of carbonyl (C=O) groups is 2. The zero-order valence-corrected chi connectivity index (χ0v) is 14.5. The van der Waals surface area contributed by atoms with Crippen LogP contribution in [-0.2, 0) is 11.2 Å². The zero-order chi connectivity index (χ0) is 15.9. The van der Waals surface area contributed by atoms with Crippen molar-refractivity contribution in [1.82, 2.24) is 10.6 Å². The monoisotopic (exact) mass is 380 g/mol. The second-order valence-electron chi connectivity index (χ2n) is 4.80. The van der Waals surface area contributed by atoms with Gasteiger partial charge in [-0.15, -0.1) is 11.3 Å². The Morgan fingerprint density at radius 1 is 1.23 bits per heavy atom. The van der Waals surface area contributed by atoms with Gasteiger partial charge in [-0.05, 0) is 36.4 Å². The highest BCUT2D eigenvalue weighted by atomic mass is 79.9. The van der Waals surface area contributed by atoms with Gasteiger partial charge in [0.15, 0.2) is 0 Å². The van der Waals surface area contributed by atoms with E-state index in [1.807, 2.05) is 35.7 Å². The standard InChI is InChI=1S/C16H17BrN2O2S/c1-11(19-16(21)14-7-4-10-22-14)15(20)18-9-8-12-5-2-3-6-13(12)17/h2-7,10-11H,8-9H2,1H3,(H,18,20)(H,19,21). The van der Waals surface area contributed by atoms with Crippen molar-refractivity contribution < 1.29 is 9.59 Å². The van der Waals surface area contributed by atoms with Gasteiger partial charge in [-0.1, -0.05) is 40.2 Å². The molecular formula is C16H17BrN2O2S. The van der Waals surface area contributed by atoms with E-state index >= 15 is 0 Å². The maximum absolute atomic E-state index is 12.0. The van der Waals surface area contributed by atoms with E-state index in [1.54, 1.807) is 13.0 Å². The molecule has 1 unspecified atom stereocenters. The molecule has 0 saturated heterocycles. The molecule has 1 atom stereocenters. The summed E-state index contributed by atoms with van der Waals surface area (Å²) in [5, 5.41) is 7.36. The summed E-state index contributed by atoms with van der Waals surface area (Å²) in [6.07, 6.45) is 0.735. The second kappa shape index (κ2) is 8.10. The van der Waals surface area contributed by atoms with Crippen LogP contribution in [0.15, 0.2) is 46.3 Å². The van der Waals surface area contributed by atoms with Gasteiger partial charge in [0.05, 0.1) is 4.88 Å². The summed E-state index contributed by atoms with van der Waals surface area (Å²) in [5.74, 6) is -0.402. The van der Waals surface area contributed by atoms with E-state index in [-0.39, 0.29) is 11.8 Å². The Morgan fingerprint density at radius 3 is 2.68 bits per heavy atom. The SMILES string of the molecule is CC(NC(=O)c1cccs1)C(=O)NCCc1ccccc1Br. The van der Waals surface area contributed by atoms with Crippen LogP contribution in [0.3, 0.4) is 0 Å². The van der Waals surface area contributed by atoms with E-state index in [0.717, 1.165) is 16.5 Å². The first-order chi connectivity index (χ1) is 10.6. The third kappa shape index (κ3) is 4.68. The lowest BCUT2D eigenvalue weighted by Gasteiger charge is -2.14. The maximum Gasteiger partial charge on any atom is 0.261 e. The van der Waals surface area contributed by atoms with Crippen molar-refractivity contribution in [1.29, 1.82) is 0 Å². The number of thiophene rings is 1. The van der Waals surface area contributed by atoms with Gasteiger partial charge in [-0.25, -0.2) is 0 Å². The summed E-state index contributed by atoms with van der Waals surface area (Å²) >= 11 is 4.83. The first kappa shape index (κ1) is 16.7. The topological polar surface area (TPSA) is 58.2 Å². The minimum absolute atomic E-state index is 0.183. The van der Waals surface area contributed by atoms with Crippen LogP contribution in [0.4, 0.5) is 0 Å². The van der Waals surface area contributed by atoms with Gasteiger partial charge in [0.2, 0.25) is 5.91 Å². The molecule has 2 aromatic rings. The molecule has 116 valence electrons. The lowest BCUT2D eigenvalue weighted by molar-refractivity contribution is -0.122. The van der Waals surface area contributed by atoms with E-state index in [1.165, 1.54) is 11.3 Å². The highest BCUT2D eigenvalue weighted by Gasteiger charge is 2.16. The first-order valence-corrected chi connectivity index (χ1v) is 8.60. The Bertz CT molecular complexity index is 643. The molecule has 1 aromatic heterocycles. The van der Waals surface area contributed by atoms with Crippen LogP contribution >= 0.6 is 27.3 Å². The Kier molecular flexibility index (Phi) is 6.15. The fourth-order valence-electron chi connectivity index (χ4n) is 1.92. The third-order valence-electron chi connectivity index (χ3n) is 3.14. The van der Waals surface area contributed by atoms with Gasteiger partial charge < -0.3 is 10.6 Å². The van der Waals surface area contributed by atoms with E-state index in [0.29, 0.717) is 11.4 Å². The number of halogens is 1. The van der Waals surface area contributed by atoms with E-state index < -0.39 is 6.04 Å². The lowest BCUT2D eigenvalue weighted by atomic mass is 10.1. The van der Waals surface area contributed by atoms with E-state index in [2.05, 4.69) is 26.6 Å². The largest absolute Gasteiger partial charge is 0.354 e. The predicted molar refractivity (Wildman–Crippen MR) is 92.1 cm³/mol. The van der Waals surface area contributed by atoms with Crippen molar-refractivity contribution in [2.75, 3.05) is 6.54 Å². The fraction of sp³-hybridized carbons (Fsp3) is 0.250. The molecule has 0 fully saturated rings. The third-order valence-corrected chi connectivity index (χ3v) is 4.78. The molecular weight excluding hydrogens is 364 g/mol. The van der Waals surface area contributed by atoms with Crippen molar-refractivity contribution in [2.45, 2.75) is 19.4 Å². The summed E-state index contributed by atoms with van der Waals surface area (Å²) in [5.41, 5.74) is 1.14. The van der Waals surface area contributed by atoms with Crippen molar-refractivity contribution in [3.8, 4) is 0 Å². The molecule has 0 aliphatic heterocycles. The van der Waals surface area contributed by atoms with Crippen LogP contribution < -0.4 is 10.6 Å². The van der Waals surface area contributed by atoms with Crippen LogP contribution in [0.1, 0.15) is 22.2 Å². The average Bonchev–Trinajstić information content (AvgIpc) is 3.03. The van der Waals surface area contributed by atoms with Crippen LogP contribution in [0.25, 0.3) is 0 Å². The summed E-state index contributed by atoms with van der Waals surface area (Å²) < 4.78 is 1.03. The van der Waals surface area contributed by atoms with Gasteiger partial charge in [-0.3, -0.25) is 9.59 Å². The second-order valence-corrected chi connectivity index (χ2v) is 6.61. The number of benzene rings is 1. The highest BCUT2D eigenvalue weighted by molar-refractivity contribution is 9.10. The van der Waals surface area contributed by atoms with Crippen molar-refractivity contribution in [3.05, 3.63) is 56.7 Å². The lowest BCUT2D eigenvalue weighted by Crippen LogP contribution is -2.45. The molecule has 0 aliphatic carbocycles. The molecule has 2 amide bonds. The molecule has 0 aliphatic rings. The Morgan fingerprint density at radius 2 is 2.00 bits per heavy atom. The van der Waals surface area contributed by atoms with Crippen molar-refractivity contribution >= 4 is 39.1 Å². The number of carbonyl (C=O) groups excluding carboxylic acids is 2. The molecule has 0 bridgehead atoms. The molecule has 0 saturated carbocycles. The van der Waals surface area contributed by atoms with Crippen molar-refractivity contribution in [2.24, 2.45) is 0 Å². The molecule has 0 spiro atoms. The number of rotatable bonds is 6. The first-order valence-electron chi connectivity index (χ1n) is 6.93. The molecule has 2 rings (SSSR count). The molecule has 6 heteroatoms. The zero-order valence-electron chi connectivity index (χ0n) is 12.1. The number of amides is 2. The Labute approximate surface area is 142 Å². The summed E-state index contributed by atoms with van der Waals surface area (Å²) in [6.45, 7) is 2.21. The molecule has 1 heterocycles. The average molecular weight is 381 g/mol. The molecule has 1 aromatic carbocycles. The van der Waals surface area contributed by atoms with Gasteiger partial charge in [0.1, 0.15) is 6.04 Å². The van der Waals surface area contributed by atoms with Crippen molar-refractivity contribution in [3.63, 3.8) is 0 Å². The molecule has 4 nitrogen and oxygen atoms in total. The Balaban J connectivity index is 1.77. The number of hydrogen-bond donors (Lipinski definition) is 2. The number of nitrogens with one attached hydrogen (secondary N) is 2. The quantitative estimate of drug-likeness (QED) is 0.808. The summed E-state index contributed by atoms with van der Waals surface area (Å²) in [4.78, 5) is 24.5. The maximum atomic E-state index is 12.0. The normalized spacial score (nSPS) is 11.7. The van der Waals surface area contributed by atoms with Gasteiger partial charge >= 0.3 is 0 Å². The minimum atomic E-state index is -0.561. The van der Waals surface area contributed by atoms with Crippen LogP contribution in [0, 0.1) is 0 Å².